The first-order chi connectivity index (χ1) is 14.0. The summed E-state index contributed by atoms with van der Waals surface area (Å²) in [5.74, 6) is 2.56. The van der Waals surface area contributed by atoms with Crippen LogP contribution in [0.4, 0.5) is 0 Å². The lowest BCUT2D eigenvalue weighted by Crippen LogP contribution is -2.46. The van der Waals surface area contributed by atoms with Crippen LogP contribution in [0.3, 0.4) is 0 Å². The van der Waals surface area contributed by atoms with E-state index in [1.54, 1.807) is 7.11 Å². The Labute approximate surface area is 173 Å². The summed E-state index contributed by atoms with van der Waals surface area (Å²) in [5.41, 5.74) is 2.20. The van der Waals surface area contributed by atoms with E-state index in [0.717, 1.165) is 61.9 Å². The van der Waals surface area contributed by atoms with Crippen LogP contribution in [0.25, 0.3) is 0 Å². The number of fused-ring (bicyclic) bond motifs is 1. The number of esters is 1. The van der Waals surface area contributed by atoms with E-state index >= 15 is 0 Å². The molecule has 1 aromatic carbocycles. The molecule has 7 nitrogen and oxygen atoms in total. The van der Waals surface area contributed by atoms with E-state index in [-0.39, 0.29) is 18.0 Å². The molecule has 0 spiro atoms. The summed E-state index contributed by atoms with van der Waals surface area (Å²) in [7, 11) is 1.69. The highest BCUT2D eigenvalue weighted by molar-refractivity contribution is 5.80. The summed E-state index contributed by atoms with van der Waals surface area (Å²) in [6.07, 6.45) is 2.69. The third-order valence-corrected chi connectivity index (χ3v) is 5.45. The van der Waals surface area contributed by atoms with Crippen LogP contribution in [0.5, 0.6) is 11.5 Å². The van der Waals surface area contributed by atoms with Gasteiger partial charge in [-0.2, -0.15) is 0 Å². The van der Waals surface area contributed by atoms with E-state index in [0.29, 0.717) is 13.2 Å². The summed E-state index contributed by atoms with van der Waals surface area (Å²) in [5, 5.41) is 3.38. The molecule has 1 atom stereocenters. The highest BCUT2D eigenvalue weighted by Gasteiger charge is 2.27. The largest absolute Gasteiger partial charge is 0.496 e. The normalized spacial score (nSPS) is 19.5. The molecular weight excluding hydrogens is 370 g/mol. The van der Waals surface area contributed by atoms with E-state index in [4.69, 9.17) is 19.2 Å². The zero-order chi connectivity index (χ0) is 20.8. The number of hydrogen-bond acceptors (Lipinski definition) is 5. The van der Waals surface area contributed by atoms with Crippen molar-refractivity contribution < 1.29 is 19.0 Å². The molecule has 0 saturated carbocycles. The minimum absolute atomic E-state index is 0.00924. The van der Waals surface area contributed by atoms with E-state index in [2.05, 4.69) is 36.2 Å². The van der Waals surface area contributed by atoms with Gasteiger partial charge in [0.25, 0.3) is 0 Å². The number of likely N-dealkylation sites (tertiary alicyclic amines) is 1. The fourth-order valence-electron chi connectivity index (χ4n) is 3.97. The quantitative estimate of drug-likeness (QED) is 0.447. The molecular formula is C22H33N3O4. The molecule has 2 heterocycles. The Morgan fingerprint density at radius 1 is 1.31 bits per heavy atom. The van der Waals surface area contributed by atoms with Crippen LogP contribution in [0, 0.1) is 5.92 Å². The molecule has 1 fully saturated rings. The summed E-state index contributed by atoms with van der Waals surface area (Å²) in [6, 6.07) is 4.12. The molecule has 1 aromatic rings. The lowest BCUT2D eigenvalue weighted by atomic mass is 9.97. The standard InChI is InChI=1S/C22H33N3O4/c1-5-23-22(25-9-7-16(8-10-25)21(26)28-6-2)24-14-18-13-20-17(11-15(3)29-20)12-19(18)27-4/h12-13,15-16H,5-11,14H2,1-4H3,(H,23,24). The summed E-state index contributed by atoms with van der Waals surface area (Å²) in [4.78, 5) is 19.1. The third kappa shape index (κ3) is 5.14. The van der Waals surface area contributed by atoms with Crippen LogP contribution >= 0.6 is 0 Å². The third-order valence-electron chi connectivity index (χ3n) is 5.45. The van der Waals surface area contributed by atoms with Crippen LogP contribution in [-0.2, 0) is 22.5 Å². The minimum atomic E-state index is -0.0776. The van der Waals surface area contributed by atoms with Crippen LogP contribution in [-0.4, -0.2) is 56.3 Å². The average Bonchev–Trinajstić information content (AvgIpc) is 3.09. The summed E-state index contributed by atoms with van der Waals surface area (Å²) < 4.78 is 16.7. The molecule has 1 saturated heterocycles. The van der Waals surface area contributed by atoms with Gasteiger partial charge in [-0.15, -0.1) is 0 Å². The zero-order valence-corrected chi connectivity index (χ0v) is 18.0. The van der Waals surface area contributed by atoms with Crippen molar-refractivity contribution in [3.63, 3.8) is 0 Å². The molecule has 0 radical (unpaired) electrons. The Morgan fingerprint density at radius 3 is 2.72 bits per heavy atom. The Balaban J connectivity index is 1.69. The SMILES string of the molecule is CCNC(=NCc1cc2c(cc1OC)CC(C)O2)N1CCC(C(=O)OCC)CC1. The Hall–Kier alpha value is -2.44. The number of carbonyl (C=O) groups excluding carboxylic acids is 1. The van der Waals surface area contributed by atoms with Crippen molar-refractivity contribution in [1.29, 1.82) is 0 Å². The maximum Gasteiger partial charge on any atom is 0.309 e. The highest BCUT2D eigenvalue weighted by Crippen LogP contribution is 2.35. The van der Waals surface area contributed by atoms with Gasteiger partial charge in [-0.25, -0.2) is 4.99 Å². The van der Waals surface area contributed by atoms with E-state index < -0.39 is 0 Å². The van der Waals surface area contributed by atoms with Crippen molar-refractivity contribution in [1.82, 2.24) is 10.2 Å². The van der Waals surface area contributed by atoms with E-state index in [1.807, 2.05) is 6.92 Å². The molecule has 0 aromatic heterocycles. The van der Waals surface area contributed by atoms with Crippen LogP contribution in [0.1, 0.15) is 44.7 Å². The van der Waals surface area contributed by atoms with Crippen molar-refractivity contribution in [2.24, 2.45) is 10.9 Å². The molecule has 1 unspecified atom stereocenters. The monoisotopic (exact) mass is 403 g/mol. The first-order valence-electron chi connectivity index (χ1n) is 10.6. The minimum Gasteiger partial charge on any atom is -0.496 e. The number of guanidine groups is 1. The Kier molecular flexibility index (Phi) is 7.23. The zero-order valence-electron chi connectivity index (χ0n) is 18.0. The van der Waals surface area contributed by atoms with Gasteiger partial charge < -0.3 is 24.4 Å². The van der Waals surface area contributed by atoms with E-state index in [9.17, 15) is 4.79 Å². The van der Waals surface area contributed by atoms with Crippen LogP contribution < -0.4 is 14.8 Å². The molecule has 29 heavy (non-hydrogen) atoms. The Bertz CT molecular complexity index is 742. The lowest BCUT2D eigenvalue weighted by Gasteiger charge is -2.33. The van der Waals surface area contributed by atoms with Crippen molar-refractivity contribution >= 4 is 11.9 Å². The van der Waals surface area contributed by atoms with Crippen molar-refractivity contribution in [2.75, 3.05) is 33.4 Å². The molecule has 0 aliphatic carbocycles. The summed E-state index contributed by atoms with van der Waals surface area (Å²) in [6.45, 7) is 9.30. The predicted octanol–water partition coefficient (Wildman–Crippen LogP) is 2.76. The molecule has 3 rings (SSSR count). The number of piperidine rings is 1. The van der Waals surface area contributed by atoms with Gasteiger partial charge in [0.15, 0.2) is 5.96 Å². The maximum absolute atomic E-state index is 12.0. The molecule has 0 amide bonds. The maximum atomic E-state index is 12.0. The number of rotatable bonds is 6. The number of ether oxygens (including phenoxy) is 3. The molecule has 0 bridgehead atoms. The van der Waals surface area contributed by atoms with Gasteiger partial charge in [-0.05, 0) is 45.7 Å². The van der Waals surface area contributed by atoms with Gasteiger partial charge in [0.05, 0.1) is 26.2 Å². The number of methoxy groups -OCH3 is 1. The second kappa shape index (κ2) is 9.85. The van der Waals surface area contributed by atoms with Gasteiger partial charge in [0.1, 0.15) is 17.6 Å². The number of aliphatic imine (C=N–C) groups is 1. The number of carbonyl (C=O) groups is 1. The van der Waals surface area contributed by atoms with Gasteiger partial charge in [0.2, 0.25) is 0 Å². The van der Waals surface area contributed by atoms with Crippen molar-refractivity contribution in [3.8, 4) is 11.5 Å². The molecule has 1 N–H and O–H groups in total. The molecule has 160 valence electrons. The fraction of sp³-hybridized carbons (Fsp3) is 0.636. The number of hydrogen-bond donors (Lipinski definition) is 1. The van der Waals surface area contributed by atoms with Gasteiger partial charge in [-0.1, -0.05) is 0 Å². The first kappa shape index (κ1) is 21.3. The molecule has 2 aliphatic heterocycles. The average molecular weight is 404 g/mol. The number of benzene rings is 1. The van der Waals surface area contributed by atoms with Gasteiger partial charge in [-0.3, -0.25) is 4.79 Å². The van der Waals surface area contributed by atoms with Gasteiger partial charge in [0, 0.05) is 37.2 Å². The van der Waals surface area contributed by atoms with Gasteiger partial charge >= 0.3 is 5.97 Å². The number of nitrogens with zero attached hydrogens (tertiary/aromatic N) is 2. The fourth-order valence-corrected chi connectivity index (χ4v) is 3.97. The van der Waals surface area contributed by atoms with Crippen molar-refractivity contribution in [2.45, 2.75) is 52.7 Å². The first-order valence-corrected chi connectivity index (χ1v) is 10.6. The molecule has 7 heteroatoms. The van der Waals surface area contributed by atoms with Crippen LogP contribution in [0.2, 0.25) is 0 Å². The smallest absolute Gasteiger partial charge is 0.309 e. The number of nitrogens with one attached hydrogen (secondary N) is 1. The Morgan fingerprint density at radius 2 is 2.07 bits per heavy atom. The van der Waals surface area contributed by atoms with Crippen molar-refractivity contribution in [3.05, 3.63) is 23.3 Å². The lowest BCUT2D eigenvalue weighted by molar-refractivity contribution is -0.149. The highest BCUT2D eigenvalue weighted by atomic mass is 16.5. The molecule has 2 aliphatic rings. The second-order valence-electron chi connectivity index (χ2n) is 7.59. The summed E-state index contributed by atoms with van der Waals surface area (Å²) >= 11 is 0. The van der Waals surface area contributed by atoms with Crippen LogP contribution in [0.15, 0.2) is 17.1 Å². The second-order valence-corrected chi connectivity index (χ2v) is 7.59. The predicted molar refractivity (Wildman–Crippen MR) is 113 cm³/mol. The topological polar surface area (TPSA) is 72.4 Å². The van der Waals surface area contributed by atoms with E-state index in [1.165, 1.54) is 5.56 Å².